The van der Waals surface area contributed by atoms with Crippen LogP contribution in [0.25, 0.3) is 38.8 Å². The standard InChI is InChI=1S/C23H21N5O/c29-23(14-3-4-14)28-7-1-2-16(12-28)17-8-18-19(11-25-22(18)24-10-17)15-5-6-20-21(9-15)27-13-26-20/h2,5-6,8-11,13-14H,1,3-4,7,12H2,(H,24,25)(H,26,27). The predicted molar refractivity (Wildman–Crippen MR) is 113 cm³/mol. The normalized spacial score (nSPS) is 17.1. The number of carbonyl (C=O) groups is 1. The largest absolute Gasteiger partial charge is 0.346 e. The molecular weight excluding hydrogens is 362 g/mol. The van der Waals surface area contributed by atoms with Crippen LogP contribution in [-0.4, -0.2) is 43.8 Å². The molecule has 0 spiro atoms. The average Bonchev–Trinajstić information content (AvgIpc) is 3.36. The summed E-state index contributed by atoms with van der Waals surface area (Å²) in [5.41, 5.74) is 7.37. The molecule has 29 heavy (non-hydrogen) atoms. The van der Waals surface area contributed by atoms with E-state index in [2.05, 4.69) is 44.2 Å². The third-order valence-electron chi connectivity index (χ3n) is 6.02. The lowest BCUT2D eigenvalue weighted by Crippen LogP contribution is -2.36. The first-order chi connectivity index (χ1) is 14.3. The van der Waals surface area contributed by atoms with Gasteiger partial charge in [0, 0.05) is 42.4 Å². The van der Waals surface area contributed by atoms with Gasteiger partial charge in [-0.2, -0.15) is 0 Å². The van der Waals surface area contributed by atoms with Gasteiger partial charge in [0.25, 0.3) is 0 Å². The fraction of sp³-hybridized carbons (Fsp3) is 0.261. The first-order valence-corrected chi connectivity index (χ1v) is 10.1. The van der Waals surface area contributed by atoms with E-state index in [4.69, 9.17) is 0 Å². The highest BCUT2D eigenvalue weighted by Crippen LogP contribution is 2.34. The topological polar surface area (TPSA) is 77.7 Å². The van der Waals surface area contributed by atoms with Crippen LogP contribution in [0.1, 0.15) is 24.8 Å². The Labute approximate surface area is 167 Å². The smallest absolute Gasteiger partial charge is 0.225 e. The second-order valence-corrected chi connectivity index (χ2v) is 8.01. The molecule has 2 N–H and O–H groups in total. The van der Waals surface area contributed by atoms with E-state index < -0.39 is 0 Å². The van der Waals surface area contributed by atoms with Gasteiger partial charge < -0.3 is 14.9 Å². The van der Waals surface area contributed by atoms with E-state index in [-0.39, 0.29) is 5.92 Å². The van der Waals surface area contributed by atoms with Crippen LogP contribution in [0.5, 0.6) is 0 Å². The lowest BCUT2D eigenvalue weighted by molar-refractivity contribution is -0.132. The number of H-pyrrole nitrogens is 2. The predicted octanol–water partition coefficient (Wildman–Crippen LogP) is 4.13. The van der Waals surface area contributed by atoms with Crippen LogP contribution in [0.3, 0.4) is 0 Å². The summed E-state index contributed by atoms with van der Waals surface area (Å²) in [7, 11) is 0. The fourth-order valence-corrected chi connectivity index (χ4v) is 4.25. The maximum atomic E-state index is 12.5. The van der Waals surface area contributed by atoms with Gasteiger partial charge in [-0.05, 0) is 54.2 Å². The van der Waals surface area contributed by atoms with Crippen LogP contribution in [0, 0.1) is 5.92 Å². The molecule has 1 aromatic carbocycles. The molecule has 0 bridgehead atoms. The zero-order chi connectivity index (χ0) is 19.4. The van der Waals surface area contributed by atoms with Crippen LogP contribution < -0.4 is 0 Å². The molecule has 1 aliphatic carbocycles. The highest BCUT2D eigenvalue weighted by atomic mass is 16.2. The van der Waals surface area contributed by atoms with Crippen LogP contribution in [-0.2, 0) is 4.79 Å². The molecule has 0 atom stereocenters. The van der Waals surface area contributed by atoms with Crippen LogP contribution in [0.4, 0.5) is 0 Å². The van der Waals surface area contributed by atoms with Crippen molar-refractivity contribution in [3.8, 4) is 11.1 Å². The Morgan fingerprint density at radius 2 is 2.03 bits per heavy atom. The van der Waals surface area contributed by atoms with Gasteiger partial charge in [-0.25, -0.2) is 9.97 Å². The summed E-state index contributed by atoms with van der Waals surface area (Å²) in [5.74, 6) is 0.587. The molecule has 1 saturated carbocycles. The highest BCUT2D eigenvalue weighted by molar-refractivity contribution is 5.97. The highest BCUT2D eigenvalue weighted by Gasteiger charge is 2.34. The molecule has 3 aromatic heterocycles. The van der Waals surface area contributed by atoms with Gasteiger partial charge in [0.15, 0.2) is 0 Å². The Morgan fingerprint density at radius 3 is 2.93 bits per heavy atom. The second-order valence-electron chi connectivity index (χ2n) is 8.01. The number of nitrogens with one attached hydrogen (secondary N) is 2. The van der Waals surface area contributed by atoms with Gasteiger partial charge in [-0.3, -0.25) is 4.79 Å². The van der Waals surface area contributed by atoms with E-state index in [9.17, 15) is 4.79 Å². The van der Waals surface area contributed by atoms with Crippen molar-refractivity contribution < 1.29 is 4.79 Å². The summed E-state index contributed by atoms with van der Waals surface area (Å²) in [6.45, 7) is 1.51. The Kier molecular flexibility index (Phi) is 3.59. The third kappa shape index (κ3) is 2.83. The van der Waals surface area contributed by atoms with Gasteiger partial charge in [0.05, 0.1) is 17.4 Å². The summed E-state index contributed by atoms with van der Waals surface area (Å²) >= 11 is 0. The zero-order valence-corrected chi connectivity index (χ0v) is 16.0. The number of fused-ring (bicyclic) bond motifs is 2. The Hall–Kier alpha value is -3.41. The van der Waals surface area contributed by atoms with E-state index in [1.54, 1.807) is 6.33 Å². The van der Waals surface area contributed by atoms with Gasteiger partial charge in [-0.15, -0.1) is 0 Å². The number of rotatable bonds is 3. The molecule has 1 fully saturated rings. The number of imidazole rings is 1. The quantitative estimate of drug-likeness (QED) is 0.558. The number of aromatic nitrogens is 4. The molecule has 1 amide bonds. The van der Waals surface area contributed by atoms with Crippen molar-refractivity contribution >= 4 is 33.5 Å². The molecule has 1 aliphatic heterocycles. The second kappa shape index (κ2) is 6.30. The third-order valence-corrected chi connectivity index (χ3v) is 6.02. The molecule has 6 heteroatoms. The Morgan fingerprint density at radius 1 is 1.10 bits per heavy atom. The molecule has 4 aromatic rings. The minimum atomic E-state index is 0.267. The van der Waals surface area contributed by atoms with Gasteiger partial charge in [-0.1, -0.05) is 12.1 Å². The minimum Gasteiger partial charge on any atom is -0.346 e. The maximum Gasteiger partial charge on any atom is 0.225 e. The summed E-state index contributed by atoms with van der Waals surface area (Å²) < 4.78 is 0. The number of aromatic amines is 2. The summed E-state index contributed by atoms with van der Waals surface area (Å²) in [4.78, 5) is 29.9. The maximum absolute atomic E-state index is 12.5. The summed E-state index contributed by atoms with van der Waals surface area (Å²) in [6.07, 6.45) is 10.9. The number of pyridine rings is 1. The van der Waals surface area contributed by atoms with E-state index in [0.29, 0.717) is 12.5 Å². The number of nitrogens with zero attached hydrogens (tertiary/aromatic N) is 3. The van der Waals surface area contributed by atoms with Crippen molar-refractivity contribution in [2.75, 3.05) is 13.1 Å². The summed E-state index contributed by atoms with van der Waals surface area (Å²) in [6, 6.07) is 8.44. The Balaban J connectivity index is 1.37. The number of carbonyl (C=O) groups excluding carboxylic acids is 1. The first-order valence-electron chi connectivity index (χ1n) is 10.1. The monoisotopic (exact) mass is 383 g/mol. The van der Waals surface area contributed by atoms with E-state index >= 15 is 0 Å². The Bertz CT molecular complexity index is 1280. The zero-order valence-electron chi connectivity index (χ0n) is 16.0. The average molecular weight is 383 g/mol. The van der Waals surface area contributed by atoms with Gasteiger partial charge in [0.1, 0.15) is 5.65 Å². The van der Waals surface area contributed by atoms with Crippen molar-refractivity contribution in [1.29, 1.82) is 0 Å². The number of amides is 1. The van der Waals surface area contributed by atoms with Crippen molar-refractivity contribution in [2.45, 2.75) is 19.3 Å². The molecule has 0 unspecified atom stereocenters. The first kappa shape index (κ1) is 16.5. The van der Waals surface area contributed by atoms with E-state index in [1.165, 1.54) is 5.57 Å². The number of hydrogen-bond donors (Lipinski definition) is 2. The van der Waals surface area contributed by atoms with Crippen LogP contribution >= 0.6 is 0 Å². The summed E-state index contributed by atoms with van der Waals surface area (Å²) in [5, 5.41) is 1.09. The molecule has 144 valence electrons. The SMILES string of the molecule is O=C(C1CC1)N1CCC=C(c2cnc3[nH]cc(-c4ccc5nc[nH]c5c4)c3c2)C1. The lowest BCUT2D eigenvalue weighted by Gasteiger charge is -2.27. The number of hydrogen-bond acceptors (Lipinski definition) is 3. The van der Waals surface area contributed by atoms with Crippen molar-refractivity contribution in [1.82, 2.24) is 24.8 Å². The lowest BCUT2D eigenvalue weighted by atomic mass is 9.99. The fourth-order valence-electron chi connectivity index (χ4n) is 4.25. The van der Waals surface area contributed by atoms with Crippen LogP contribution in [0.2, 0.25) is 0 Å². The van der Waals surface area contributed by atoms with Crippen molar-refractivity contribution in [2.24, 2.45) is 5.92 Å². The number of benzene rings is 1. The van der Waals surface area contributed by atoms with Crippen molar-refractivity contribution in [3.05, 3.63) is 54.6 Å². The van der Waals surface area contributed by atoms with Gasteiger partial charge in [0.2, 0.25) is 5.91 Å². The molecule has 2 aliphatic rings. The molecule has 4 heterocycles. The molecule has 0 radical (unpaired) electrons. The van der Waals surface area contributed by atoms with E-state index in [1.807, 2.05) is 23.4 Å². The molecule has 6 nitrogen and oxygen atoms in total. The minimum absolute atomic E-state index is 0.267. The van der Waals surface area contributed by atoms with Crippen molar-refractivity contribution in [3.63, 3.8) is 0 Å². The molecular formula is C23H21N5O. The molecule has 6 rings (SSSR count). The molecule has 0 saturated heterocycles. The van der Waals surface area contributed by atoms with Crippen LogP contribution in [0.15, 0.2) is 49.1 Å². The van der Waals surface area contributed by atoms with Gasteiger partial charge >= 0.3 is 0 Å². The van der Waals surface area contributed by atoms with E-state index in [0.717, 1.165) is 64.6 Å².